The van der Waals surface area contributed by atoms with Crippen LogP contribution in [-0.4, -0.2) is 18.3 Å². The summed E-state index contributed by atoms with van der Waals surface area (Å²) >= 11 is 12.3. The summed E-state index contributed by atoms with van der Waals surface area (Å²) in [5.74, 6) is 0.826. The van der Waals surface area contributed by atoms with Crippen molar-refractivity contribution in [3.63, 3.8) is 0 Å². The maximum atomic E-state index is 6.48. The number of benzene rings is 3. The molecule has 4 nitrogen and oxygen atoms in total. The molecule has 0 fully saturated rings. The van der Waals surface area contributed by atoms with E-state index in [0.717, 1.165) is 46.0 Å². The summed E-state index contributed by atoms with van der Waals surface area (Å²) in [6, 6.07) is 21.8. The van der Waals surface area contributed by atoms with Gasteiger partial charge in [0.2, 0.25) is 0 Å². The molecule has 4 rings (SSSR count). The molecule has 0 aromatic heterocycles. The normalized spacial score (nSPS) is 18.5. The third kappa shape index (κ3) is 6.71. The second-order valence-electron chi connectivity index (χ2n) is 9.45. The zero-order valence-corrected chi connectivity index (χ0v) is 22.0. The zero-order valence-electron chi connectivity index (χ0n) is 20.5. The van der Waals surface area contributed by atoms with Crippen molar-refractivity contribution in [2.75, 3.05) is 11.9 Å². The summed E-state index contributed by atoms with van der Waals surface area (Å²) in [5, 5.41) is 4.93. The number of fused-ring (bicyclic) bond motifs is 1. The molecule has 0 saturated carbocycles. The topological polar surface area (TPSA) is 39.7 Å². The fourth-order valence-corrected chi connectivity index (χ4v) is 4.75. The van der Waals surface area contributed by atoms with Crippen LogP contribution in [-0.2, 0) is 22.6 Å². The van der Waals surface area contributed by atoms with Gasteiger partial charge in [0.15, 0.2) is 0 Å². The molecule has 1 aliphatic rings. The van der Waals surface area contributed by atoms with Gasteiger partial charge in [-0.05, 0) is 73.9 Å². The van der Waals surface area contributed by atoms with Gasteiger partial charge in [-0.15, -0.1) is 0 Å². The van der Waals surface area contributed by atoms with Crippen molar-refractivity contribution < 1.29 is 14.2 Å². The highest BCUT2D eigenvalue weighted by atomic mass is 35.5. The maximum Gasteiger partial charge on any atom is 0.132 e. The van der Waals surface area contributed by atoms with Crippen molar-refractivity contribution in [3.8, 4) is 5.75 Å². The fraction of sp³-hybridized carbons (Fsp3) is 0.379. The van der Waals surface area contributed by atoms with Crippen molar-refractivity contribution in [1.29, 1.82) is 0 Å². The van der Waals surface area contributed by atoms with E-state index in [-0.39, 0.29) is 12.2 Å². The van der Waals surface area contributed by atoms with Crippen LogP contribution in [0.4, 0.5) is 5.69 Å². The first-order valence-corrected chi connectivity index (χ1v) is 12.9. The summed E-state index contributed by atoms with van der Waals surface area (Å²) in [5.41, 5.74) is 3.55. The van der Waals surface area contributed by atoms with Crippen LogP contribution in [0.15, 0.2) is 66.7 Å². The molecule has 0 radical (unpaired) electrons. The Hall–Kier alpha value is -2.24. The van der Waals surface area contributed by atoms with E-state index in [1.54, 1.807) is 0 Å². The van der Waals surface area contributed by atoms with Crippen molar-refractivity contribution in [2.45, 2.75) is 64.6 Å². The molecule has 35 heavy (non-hydrogen) atoms. The lowest BCUT2D eigenvalue weighted by Crippen LogP contribution is -2.51. The van der Waals surface area contributed by atoms with Gasteiger partial charge in [0.1, 0.15) is 23.6 Å². The molecule has 2 atom stereocenters. The zero-order chi connectivity index (χ0) is 24.8. The Labute approximate surface area is 218 Å². The molecule has 0 spiro atoms. The molecule has 0 amide bonds. The van der Waals surface area contributed by atoms with E-state index < -0.39 is 5.60 Å². The number of ether oxygens (including phenoxy) is 3. The highest BCUT2D eigenvalue weighted by Gasteiger charge is 2.45. The Bertz CT molecular complexity index is 1130. The van der Waals surface area contributed by atoms with Gasteiger partial charge in [-0.1, -0.05) is 60.8 Å². The molecular formula is C29H33Cl2NO3. The number of unbranched alkanes of at least 4 members (excludes halogenated alkanes) is 1. The average molecular weight is 514 g/mol. The molecule has 3 aromatic rings. The minimum absolute atomic E-state index is 0.257. The van der Waals surface area contributed by atoms with E-state index in [1.165, 1.54) is 0 Å². The minimum atomic E-state index is -0.571. The van der Waals surface area contributed by atoms with Gasteiger partial charge in [-0.2, -0.15) is 0 Å². The van der Waals surface area contributed by atoms with E-state index in [0.29, 0.717) is 24.8 Å². The SMILES string of the molecule is CCCCOC1c2cc(NCc3cccc(Cl)c3)ccc2OC(C)(C)C1OCc1cccc(Cl)c1. The van der Waals surface area contributed by atoms with Gasteiger partial charge >= 0.3 is 0 Å². The smallest absolute Gasteiger partial charge is 0.132 e. The standard InChI is InChI=1S/C29H33Cl2NO3/c1-4-5-14-33-27-25-17-24(32-18-20-8-6-10-22(30)15-20)12-13-26(25)35-29(2,3)28(27)34-19-21-9-7-11-23(31)16-21/h6-13,15-17,27-28,32H,4-5,14,18-19H2,1-3H3. The summed E-state index contributed by atoms with van der Waals surface area (Å²) in [4.78, 5) is 0. The van der Waals surface area contributed by atoms with Gasteiger partial charge in [-0.25, -0.2) is 0 Å². The van der Waals surface area contributed by atoms with Crippen LogP contribution < -0.4 is 10.1 Å². The summed E-state index contributed by atoms with van der Waals surface area (Å²) in [7, 11) is 0. The van der Waals surface area contributed by atoms with Crippen molar-refractivity contribution in [2.24, 2.45) is 0 Å². The van der Waals surface area contributed by atoms with E-state index in [1.807, 2.05) is 54.6 Å². The van der Waals surface area contributed by atoms with Crippen LogP contribution in [0.1, 0.15) is 56.4 Å². The van der Waals surface area contributed by atoms with Gasteiger partial charge in [0.25, 0.3) is 0 Å². The Morgan fingerprint density at radius 2 is 1.63 bits per heavy atom. The molecule has 2 unspecified atom stereocenters. The van der Waals surface area contributed by atoms with Crippen molar-refractivity contribution >= 4 is 28.9 Å². The molecule has 0 aliphatic carbocycles. The third-order valence-electron chi connectivity index (χ3n) is 6.15. The van der Waals surface area contributed by atoms with Gasteiger partial charge in [0.05, 0.1) is 6.61 Å². The molecule has 1 N–H and O–H groups in total. The average Bonchev–Trinajstić information content (AvgIpc) is 2.82. The molecule has 186 valence electrons. The number of halogens is 2. The van der Waals surface area contributed by atoms with Crippen LogP contribution in [0.5, 0.6) is 5.75 Å². The highest BCUT2D eigenvalue weighted by molar-refractivity contribution is 6.30. The lowest BCUT2D eigenvalue weighted by Gasteiger charge is -2.44. The lowest BCUT2D eigenvalue weighted by atomic mass is 9.87. The monoisotopic (exact) mass is 513 g/mol. The van der Waals surface area contributed by atoms with Crippen molar-refractivity contribution in [1.82, 2.24) is 0 Å². The third-order valence-corrected chi connectivity index (χ3v) is 6.62. The first-order chi connectivity index (χ1) is 16.9. The van der Waals surface area contributed by atoms with Gasteiger partial charge in [0, 0.05) is 34.4 Å². The van der Waals surface area contributed by atoms with E-state index >= 15 is 0 Å². The number of rotatable bonds is 10. The quantitative estimate of drug-likeness (QED) is 0.277. The minimum Gasteiger partial charge on any atom is -0.485 e. The summed E-state index contributed by atoms with van der Waals surface area (Å²) < 4.78 is 19.4. The number of anilines is 1. The van der Waals surface area contributed by atoms with Crippen LogP contribution in [0.2, 0.25) is 10.0 Å². The molecule has 1 heterocycles. The molecule has 0 saturated heterocycles. The molecule has 3 aromatic carbocycles. The first-order valence-electron chi connectivity index (χ1n) is 12.1. The number of nitrogens with one attached hydrogen (secondary N) is 1. The largest absolute Gasteiger partial charge is 0.485 e. The van der Waals surface area contributed by atoms with Gasteiger partial charge < -0.3 is 19.5 Å². The number of hydrogen-bond donors (Lipinski definition) is 1. The van der Waals surface area contributed by atoms with Crippen LogP contribution in [0.3, 0.4) is 0 Å². The Morgan fingerprint density at radius 1 is 0.914 bits per heavy atom. The van der Waals surface area contributed by atoms with Crippen molar-refractivity contribution in [3.05, 3.63) is 93.5 Å². The number of hydrogen-bond acceptors (Lipinski definition) is 4. The molecule has 1 aliphatic heterocycles. The maximum absolute atomic E-state index is 6.48. The highest BCUT2D eigenvalue weighted by Crippen LogP contribution is 2.44. The van der Waals surface area contributed by atoms with Crippen LogP contribution in [0, 0.1) is 0 Å². The summed E-state index contributed by atoms with van der Waals surface area (Å²) in [6.07, 6.45) is 1.50. The second kappa shape index (κ2) is 11.7. The first kappa shape index (κ1) is 25.8. The van der Waals surface area contributed by atoms with Crippen LogP contribution in [0.25, 0.3) is 0 Å². The Balaban J connectivity index is 1.58. The van der Waals surface area contributed by atoms with Crippen LogP contribution >= 0.6 is 23.2 Å². The fourth-order valence-electron chi connectivity index (χ4n) is 4.33. The lowest BCUT2D eigenvalue weighted by molar-refractivity contribution is -0.167. The summed E-state index contributed by atoms with van der Waals surface area (Å²) in [6.45, 7) is 8.03. The second-order valence-corrected chi connectivity index (χ2v) is 10.3. The molecular weight excluding hydrogens is 481 g/mol. The predicted molar refractivity (Wildman–Crippen MR) is 144 cm³/mol. The molecule has 0 bridgehead atoms. The molecule has 6 heteroatoms. The van der Waals surface area contributed by atoms with E-state index in [4.69, 9.17) is 37.4 Å². The van der Waals surface area contributed by atoms with E-state index in [9.17, 15) is 0 Å². The van der Waals surface area contributed by atoms with Gasteiger partial charge in [-0.3, -0.25) is 0 Å². The Morgan fingerprint density at radius 3 is 2.34 bits per heavy atom. The predicted octanol–water partition coefficient (Wildman–Crippen LogP) is 8.22. The van der Waals surface area contributed by atoms with E-state index in [2.05, 4.69) is 38.2 Å². The Kier molecular flexibility index (Phi) is 8.61.